The molecule has 0 bridgehead atoms. The Hall–Kier alpha value is -2.78. The van der Waals surface area contributed by atoms with E-state index >= 15 is 0 Å². The zero-order valence-electron chi connectivity index (χ0n) is 17.3. The molecule has 1 unspecified atom stereocenters. The number of hydrogen-bond acceptors (Lipinski definition) is 3. The van der Waals surface area contributed by atoms with Crippen LogP contribution in [0.4, 0.5) is 5.69 Å². The summed E-state index contributed by atoms with van der Waals surface area (Å²) >= 11 is 0. The van der Waals surface area contributed by atoms with Crippen molar-refractivity contribution in [2.45, 2.75) is 25.4 Å². The van der Waals surface area contributed by atoms with Crippen LogP contribution in [0.15, 0.2) is 72.8 Å². The van der Waals surface area contributed by atoms with E-state index in [2.05, 4.69) is 24.8 Å². The van der Waals surface area contributed by atoms with E-state index in [4.69, 9.17) is 4.74 Å². The van der Waals surface area contributed by atoms with Crippen LogP contribution in [0.2, 0.25) is 0 Å². The number of aliphatic hydroxyl groups is 1. The van der Waals surface area contributed by atoms with Crippen molar-refractivity contribution in [1.82, 2.24) is 0 Å². The molecular formula is C25H29NO2. The highest BCUT2D eigenvalue weighted by Gasteiger charge is 2.36. The van der Waals surface area contributed by atoms with Crippen LogP contribution in [0.3, 0.4) is 0 Å². The fourth-order valence-electron chi connectivity index (χ4n) is 3.64. The van der Waals surface area contributed by atoms with Crippen LogP contribution in [-0.4, -0.2) is 26.3 Å². The Balaban J connectivity index is 2.24. The quantitative estimate of drug-likeness (QED) is 0.604. The lowest BCUT2D eigenvalue weighted by Crippen LogP contribution is -2.30. The molecule has 28 heavy (non-hydrogen) atoms. The molecule has 146 valence electrons. The molecule has 0 saturated carbocycles. The van der Waals surface area contributed by atoms with E-state index < -0.39 is 5.60 Å². The van der Waals surface area contributed by atoms with Gasteiger partial charge in [0.05, 0.1) is 7.11 Å². The molecule has 0 aliphatic heterocycles. The standard InChI is InChI=1S/C25H29NO2/c1-18(2)23-8-6-7-9-24(23)25(27,20-12-16-22(28-5)17-13-20)19-10-14-21(15-11-19)26(3)4/h6-18,27H,1-5H3. The normalized spacial score (nSPS) is 13.2. The Kier molecular flexibility index (Phi) is 5.76. The first-order valence-electron chi connectivity index (χ1n) is 9.62. The summed E-state index contributed by atoms with van der Waals surface area (Å²) in [5.74, 6) is 1.06. The van der Waals surface area contributed by atoms with Crippen LogP contribution < -0.4 is 9.64 Å². The highest BCUT2D eigenvalue weighted by Crippen LogP contribution is 2.41. The van der Waals surface area contributed by atoms with Gasteiger partial charge in [-0.3, -0.25) is 0 Å². The fraction of sp³-hybridized carbons (Fsp3) is 0.280. The Labute approximate surface area is 168 Å². The monoisotopic (exact) mass is 375 g/mol. The fourth-order valence-corrected chi connectivity index (χ4v) is 3.64. The minimum absolute atomic E-state index is 0.294. The van der Waals surface area contributed by atoms with E-state index in [1.807, 2.05) is 80.8 Å². The summed E-state index contributed by atoms with van der Waals surface area (Å²) in [4.78, 5) is 2.05. The van der Waals surface area contributed by atoms with Gasteiger partial charge in [0.15, 0.2) is 0 Å². The number of methoxy groups -OCH3 is 1. The number of benzene rings is 3. The van der Waals surface area contributed by atoms with E-state index in [-0.39, 0.29) is 0 Å². The number of nitrogens with zero attached hydrogens (tertiary/aromatic N) is 1. The average Bonchev–Trinajstić information content (AvgIpc) is 2.73. The van der Waals surface area contributed by atoms with Crippen LogP contribution in [-0.2, 0) is 5.60 Å². The second-order valence-electron chi connectivity index (χ2n) is 7.62. The molecule has 3 heteroatoms. The molecule has 0 fully saturated rings. The third-order valence-electron chi connectivity index (χ3n) is 5.28. The van der Waals surface area contributed by atoms with Crippen LogP contribution >= 0.6 is 0 Å². The van der Waals surface area contributed by atoms with E-state index in [0.29, 0.717) is 5.92 Å². The molecule has 3 rings (SSSR count). The third kappa shape index (κ3) is 3.63. The van der Waals surface area contributed by atoms with Gasteiger partial charge in [-0.2, -0.15) is 0 Å². The molecule has 0 aromatic heterocycles. The Bertz CT molecular complexity index is 914. The van der Waals surface area contributed by atoms with Crippen molar-refractivity contribution in [2.24, 2.45) is 0 Å². The summed E-state index contributed by atoms with van der Waals surface area (Å²) in [5.41, 5.74) is 3.55. The lowest BCUT2D eigenvalue weighted by molar-refractivity contribution is 0.124. The molecule has 1 atom stereocenters. The number of hydrogen-bond donors (Lipinski definition) is 1. The van der Waals surface area contributed by atoms with Gasteiger partial charge in [0.1, 0.15) is 11.4 Å². The van der Waals surface area contributed by atoms with Gasteiger partial charge < -0.3 is 14.7 Å². The smallest absolute Gasteiger partial charge is 0.140 e. The Morgan fingerprint density at radius 2 is 1.36 bits per heavy atom. The molecule has 3 aromatic rings. The van der Waals surface area contributed by atoms with Gasteiger partial charge in [0, 0.05) is 19.8 Å². The first-order valence-corrected chi connectivity index (χ1v) is 9.62. The maximum Gasteiger partial charge on any atom is 0.140 e. The number of ether oxygens (including phenoxy) is 1. The topological polar surface area (TPSA) is 32.7 Å². The SMILES string of the molecule is COc1ccc(C(O)(c2ccc(N(C)C)cc2)c2ccccc2C(C)C)cc1. The second kappa shape index (κ2) is 8.07. The van der Waals surface area contributed by atoms with Crippen LogP contribution in [0, 0.1) is 0 Å². The van der Waals surface area contributed by atoms with Gasteiger partial charge in [-0.25, -0.2) is 0 Å². The molecule has 0 aliphatic rings. The highest BCUT2D eigenvalue weighted by atomic mass is 16.5. The minimum atomic E-state index is -1.25. The molecule has 1 N–H and O–H groups in total. The third-order valence-corrected chi connectivity index (χ3v) is 5.28. The van der Waals surface area contributed by atoms with Crippen LogP contribution in [0.1, 0.15) is 42.0 Å². The van der Waals surface area contributed by atoms with Crippen molar-refractivity contribution in [2.75, 3.05) is 26.1 Å². The van der Waals surface area contributed by atoms with E-state index in [9.17, 15) is 5.11 Å². The first-order chi connectivity index (χ1) is 13.4. The van der Waals surface area contributed by atoms with Gasteiger partial charge in [-0.05, 0) is 52.4 Å². The van der Waals surface area contributed by atoms with Gasteiger partial charge in [-0.15, -0.1) is 0 Å². The summed E-state index contributed by atoms with van der Waals surface area (Å²) in [6.07, 6.45) is 0. The number of rotatable bonds is 6. The summed E-state index contributed by atoms with van der Waals surface area (Å²) in [6, 6.07) is 23.9. The van der Waals surface area contributed by atoms with E-state index in [0.717, 1.165) is 33.7 Å². The average molecular weight is 376 g/mol. The first kappa shape index (κ1) is 20.0. The van der Waals surface area contributed by atoms with Crippen molar-refractivity contribution in [1.29, 1.82) is 0 Å². The van der Waals surface area contributed by atoms with Crippen molar-refractivity contribution >= 4 is 5.69 Å². The molecule has 0 heterocycles. The zero-order chi connectivity index (χ0) is 20.3. The highest BCUT2D eigenvalue weighted by molar-refractivity contribution is 5.55. The molecule has 0 amide bonds. The molecule has 3 nitrogen and oxygen atoms in total. The summed E-state index contributed by atoms with van der Waals surface area (Å²) in [7, 11) is 5.67. The molecule has 0 aliphatic carbocycles. The van der Waals surface area contributed by atoms with Gasteiger partial charge in [-0.1, -0.05) is 62.4 Å². The summed E-state index contributed by atoms with van der Waals surface area (Å²) in [6.45, 7) is 4.31. The van der Waals surface area contributed by atoms with E-state index in [1.165, 1.54) is 0 Å². The molecule has 0 saturated heterocycles. The van der Waals surface area contributed by atoms with Crippen molar-refractivity contribution < 1.29 is 9.84 Å². The maximum absolute atomic E-state index is 12.2. The van der Waals surface area contributed by atoms with Gasteiger partial charge >= 0.3 is 0 Å². The van der Waals surface area contributed by atoms with Crippen LogP contribution in [0.5, 0.6) is 5.75 Å². The molecular weight excluding hydrogens is 346 g/mol. The zero-order valence-corrected chi connectivity index (χ0v) is 17.3. The second-order valence-corrected chi connectivity index (χ2v) is 7.62. The van der Waals surface area contributed by atoms with Crippen molar-refractivity contribution in [3.63, 3.8) is 0 Å². The number of anilines is 1. The summed E-state index contributed by atoms with van der Waals surface area (Å²) in [5, 5.41) is 12.2. The molecule has 3 aromatic carbocycles. The van der Waals surface area contributed by atoms with Gasteiger partial charge in [0.25, 0.3) is 0 Å². The Morgan fingerprint density at radius 1 is 0.821 bits per heavy atom. The van der Waals surface area contributed by atoms with Crippen LogP contribution in [0.25, 0.3) is 0 Å². The van der Waals surface area contributed by atoms with Crippen molar-refractivity contribution in [3.8, 4) is 5.75 Å². The molecule has 0 radical (unpaired) electrons. The largest absolute Gasteiger partial charge is 0.497 e. The lowest BCUT2D eigenvalue weighted by atomic mass is 9.76. The molecule has 0 spiro atoms. The summed E-state index contributed by atoms with van der Waals surface area (Å²) < 4.78 is 5.31. The Morgan fingerprint density at radius 3 is 1.86 bits per heavy atom. The minimum Gasteiger partial charge on any atom is -0.497 e. The van der Waals surface area contributed by atoms with E-state index in [1.54, 1.807) is 7.11 Å². The lowest BCUT2D eigenvalue weighted by Gasteiger charge is -2.33. The predicted molar refractivity (Wildman–Crippen MR) is 116 cm³/mol. The predicted octanol–water partition coefficient (Wildman–Crippen LogP) is 5.17. The van der Waals surface area contributed by atoms with Crippen molar-refractivity contribution in [3.05, 3.63) is 95.1 Å². The van der Waals surface area contributed by atoms with Gasteiger partial charge in [0.2, 0.25) is 0 Å². The maximum atomic E-state index is 12.2.